The number of thioether (sulfide) groups is 1. The summed E-state index contributed by atoms with van der Waals surface area (Å²) >= 11 is 1.85. The summed E-state index contributed by atoms with van der Waals surface area (Å²) in [6, 6.07) is 0.459. The van der Waals surface area contributed by atoms with Gasteiger partial charge in [-0.25, -0.2) is 0 Å². The molecule has 1 fully saturated rings. The second kappa shape index (κ2) is 3.74. The van der Waals surface area contributed by atoms with Gasteiger partial charge in [-0.1, -0.05) is 13.0 Å². The monoisotopic (exact) mass is 197 g/mol. The zero-order chi connectivity index (χ0) is 9.26. The second-order valence-corrected chi connectivity index (χ2v) is 4.97. The number of nitrogens with one attached hydrogen (secondary N) is 1. The first-order valence-electron chi connectivity index (χ1n) is 4.85. The Hall–Kier alpha value is -0.440. The lowest BCUT2D eigenvalue weighted by atomic mass is 10.2. The van der Waals surface area contributed by atoms with E-state index >= 15 is 0 Å². The molecule has 0 aromatic heterocycles. The molecule has 1 heterocycles. The highest BCUT2D eigenvalue weighted by Gasteiger charge is 2.34. The van der Waals surface area contributed by atoms with Crippen LogP contribution in [0.15, 0.2) is 11.6 Å². The molecule has 1 aliphatic carbocycles. The fourth-order valence-corrected chi connectivity index (χ4v) is 2.40. The van der Waals surface area contributed by atoms with E-state index in [2.05, 4.69) is 18.3 Å². The number of carbonyl (C=O) groups is 1. The van der Waals surface area contributed by atoms with E-state index in [4.69, 9.17) is 0 Å². The van der Waals surface area contributed by atoms with Crippen LogP contribution in [0.4, 0.5) is 0 Å². The van der Waals surface area contributed by atoms with Crippen LogP contribution in [0.1, 0.15) is 19.8 Å². The van der Waals surface area contributed by atoms with Crippen LogP contribution in [0.25, 0.3) is 0 Å². The van der Waals surface area contributed by atoms with E-state index in [0.717, 1.165) is 29.9 Å². The molecule has 0 unspecified atom stereocenters. The lowest BCUT2D eigenvalue weighted by molar-refractivity contribution is -0.117. The minimum Gasteiger partial charge on any atom is -0.349 e. The Kier molecular flexibility index (Phi) is 2.63. The van der Waals surface area contributed by atoms with Crippen LogP contribution in [-0.2, 0) is 4.79 Å². The van der Waals surface area contributed by atoms with Crippen molar-refractivity contribution in [1.82, 2.24) is 5.32 Å². The third kappa shape index (κ3) is 2.27. The van der Waals surface area contributed by atoms with E-state index < -0.39 is 0 Å². The fourth-order valence-electron chi connectivity index (χ4n) is 1.50. The van der Waals surface area contributed by atoms with E-state index in [9.17, 15) is 4.79 Å². The van der Waals surface area contributed by atoms with Crippen LogP contribution in [-0.4, -0.2) is 23.5 Å². The number of allylic oxidation sites excluding steroid dienone is 1. The second-order valence-electron chi connectivity index (χ2n) is 3.86. The van der Waals surface area contributed by atoms with Gasteiger partial charge in [0, 0.05) is 17.4 Å². The van der Waals surface area contributed by atoms with Crippen molar-refractivity contribution in [3.05, 3.63) is 11.6 Å². The first-order valence-corrected chi connectivity index (χ1v) is 6.00. The van der Waals surface area contributed by atoms with Gasteiger partial charge in [-0.15, -0.1) is 0 Å². The molecule has 0 bridgehead atoms. The highest BCUT2D eigenvalue weighted by Crippen LogP contribution is 2.29. The molecule has 0 spiro atoms. The summed E-state index contributed by atoms with van der Waals surface area (Å²) in [5, 5.41) is 3.05. The topological polar surface area (TPSA) is 29.1 Å². The van der Waals surface area contributed by atoms with E-state index in [1.807, 2.05) is 11.8 Å². The Labute approximate surface area is 83.2 Å². The molecule has 72 valence electrons. The number of rotatable bonds is 2. The Morgan fingerprint density at radius 2 is 2.46 bits per heavy atom. The van der Waals surface area contributed by atoms with Gasteiger partial charge >= 0.3 is 0 Å². The number of amides is 1. The highest BCUT2D eigenvalue weighted by molar-refractivity contribution is 7.99. The average Bonchev–Trinajstić information content (AvgIpc) is 2.83. The first kappa shape index (κ1) is 9.13. The summed E-state index contributed by atoms with van der Waals surface area (Å²) in [7, 11) is 0. The minimum absolute atomic E-state index is 0.168. The van der Waals surface area contributed by atoms with Gasteiger partial charge in [-0.2, -0.15) is 11.8 Å². The summed E-state index contributed by atoms with van der Waals surface area (Å²) in [4.78, 5) is 11.6. The van der Waals surface area contributed by atoms with Gasteiger partial charge in [0.15, 0.2) is 0 Å². The van der Waals surface area contributed by atoms with Gasteiger partial charge in [-0.05, 0) is 24.5 Å². The molecule has 1 aliphatic heterocycles. The molecule has 0 aromatic rings. The summed E-state index contributed by atoms with van der Waals surface area (Å²) in [5.74, 6) is 2.92. The van der Waals surface area contributed by atoms with Crippen molar-refractivity contribution in [2.24, 2.45) is 5.92 Å². The van der Waals surface area contributed by atoms with Crippen LogP contribution in [0.2, 0.25) is 0 Å². The third-order valence-corrected chi connectivity index (χ3v) is 3.67. The van der Waals surface area contributed by atoms with Crippen LogP contribution >= 0.6 is 11.8 Å². The predicted octanol–water partition coefficient (Wildman–Crippen LogP) is 1.57. The molecule has 1 N–H and O–H groups in total. The molecule has 3 heteroatoms. The Bertz CT molecular complexity index is 249. The van der Waals surface area contributed by atoms with Gasteiger partial charge in [0.05, 0.1) is 0 Å². The fraction of sp³-hybridized carbons (Fsp3) is 0.700. The molecule has 13 heavy (non-hydrogen) atoms. The standard InChI is InChI=1S/C10H15NOS/c1-7-5-9(7)11-10(12)8-3-2-4-13-6-8/h3,7,9H,2,4-6H2,1H3,(H,11,12)/t7-,9-/m1/s1. The van der Waals surface area contributed by atoms with Crippen molar-refractivity contribution < 1.29 is 4.79 Å². The highest BCUT2D eigenvalue weighted by atomic mass is 32.2. The van der Waals surface area contributed by atoms with Crippen molar-refractivity contribution in [2.75, 3.05) is 11.5 Å². The maximum absolute atomic E-state index is 11.6. The lowest BCUT2D eigenvalue weighted by Crippen LogP contribution is -2.29. The van der Waals surface area contributed by atoms with Gasteiger partial charge in [-0.3, -0.25) is 4.79 Å². The maximum atomic E-state index is 11.6. The van der Waals surface area contributed by atoms with Gasteiger partial charge in [0.25, 0.3) is 0 Å². The molecule has 2 atom stereocenters. The number of carbonyl (C=O) groups excluding carboxylic acids is 1. The van der Waals surface area contributed by atoms with E-state index in [-0.39, 0.29) is 5.91 Å². The average molecular weight is 197 g/mol. The Balaban J connectivity index is 1.85. The molecule has 2 rings (SSSR count). The zero-order valence-electron chi connectivity index (χ0n) is 7.88. The smallest absolute Gasteiger partial charge is 0.247 e. The Morgan fingerprint density at radius 1 is 1.69 bits per heavy atom. The van der Waals surface area contributed by atoms with Gasteiger partial charge in [0.1, 0.15) is 0 Å². The SMILES string of the molecule is C[C@@H]1C[C@H]1NC(=O)C1=CCCSC1. The van der Waals surface area contributed by atoms with E-state index in [0.29, 0.717) is 12.0 Å². The van der Waals surface area contributed by atoms with Gasteiger partial charge in [0.2, 0.25) is 5.91 Å². The van der Waals surface area contributed by atoms with E-state index in [1.165, 1.54) is 0 Å². The zero-order valence-corrected chi connectivity index (χ0v) is 8.69. The molecule has 1 amide bonds. The number of hydrogen-bond acceptors (Lipinski definition) is 2. The third-order valence-electron chi connectivity index (χ3n) is 2.63. The van der Waals surface area contributed by atoms with Crippen molar-refractivity contribution in [3.8, 4) is 0 Å². The van der Waals surface area contributed by atoms with Crippen molar-refractivity contribution in [1.29, 1.82) is 0 Å². The number of hydrogen-bond donors (Lipinski definition) is 1. The molecule has 2 aliphatic rings. The van der Waals surface area contributed by atoms with Crippen LogP contribution in [0.5, 0.6) is 0 Å². The van der Waals surface area contributed by atoms with Crippen LogP contribution < -0.4 is 5.32 Å². The molecule has 1 saturated carbocycles. The first-order chi connectivity index (χ1) is 6.27. The quantitative estimate of drug-likeness (QED) is 0.728. The van der Waals surface area contributed by atoms with Crippen molar-refractivity contribution in [2.45, 2.75) is 25.8 Å². The normalized spacial score (nSPS) is 32.2. The van der Waals surface area contributed by atoms with Crippen LogP contribution in [0, 0.1) is 5.92 Å². The Morgan fingerprint density at radius 3 is 3.00 bits per heavy atom. The van der Waals surface area contributed by atoms with Gasteiger partial charge < -0.3 is 5.32 Å². The minimum atomic E-state index is 0.168. The largest absolute Gasteiger partial charge is 0.349 e. The summed E-state index contributed by atoms with van der Waals surface area (Å²) < 4.78 is 0. The summed E-state index contributed by atoms with van der Waals surface area (Å²) in [6.45, 7) is 2.18. The molecule has 0 radical (unpaired) electrons. The molecule has 0 aromatic carbocycles. The predicted molar refractivity (Wildman–Crippen MR) is 55.7 cm³/mol. The summed E-state index contributed by atoms with van der Waals surface area (Å²) in [5.41, 5.74) is 0.982. The molecule has 0 saturated heterocycles. The van der Waals surface area contributed by atoms with Crippen molar-refractivity contribution in [3.63, 3.8) is 0 Å². The lowest BCUT2D eigenvalue weighted by Gasteiger charge is -2.12. The van der Waals surface area contributed by atoms with Crippen LogP contribution in [0.3, 0.4) is 0 Å². The molecular formula is C10H15NOS. The van der Waals surface area contributed by atoms with E-state index in [1.54, 1.807) is 0 Å². The molecular weight excluding hydrogens is 182 g/mol. The molecule has 2 nitrogen and oxygen atoms in total. The van der Waals surface area contributed by atoms with Crippen molar-refractivity contribution >= 4 is 17.7 Å². The maximum Gasteiger partial charge on any atom is 0.247 e. The summed E-state index contributed by atoms with van der Waals surface area (Å²) in [6.07, 6.45) is 4.29.